The van der Waals surface area contributed by atoms with Gasteiger partial charge in [0.25, 0.3) is 0 Å². The van der Waals surface area contributed by atoms with Crippen LogP contribution >= 0.6 is 0 Å². The van der Waals surface area contributed by atoms with Crippen molar-refractivity contribution >= 4 is 23.1 Å². The van der Waals surface area contributed by atoms with Crippen LogP contribution in [0.3, 0.4) is 0 Å². The lowest BCUT2D eigenvalue weighted by Gasteiger charge is -2.17. The van der Waals surface area contributed by atoms with Crippen molar-refractivity contribution in [3.63, 3.8) is 0 Å². The Labute approximate surface area is 193 Å². The molecule has 0 saturated heterocycles. The Bertz CT molecular complexity index is 1150. The van der Waals surface area contributed by atoms with E-state index in [0.29, 0.717) is 29.0 Å². The van der Waals surface area contributed by atoms with Crippen LogP contribution in [-0.4, -0.2) is 34.9 Å². The zero-order valence-electron chi connectivity index (χ0n) is 19.0. The van der Waals surface area contributed by atoms with E-state index in [2.05, 4.69) is 31.6 Å². The summed E-state index contributed by atoms with van der Waals surface area (Å²) in [5.41, 5.74) is 3.45. The highest BCUT2D eigenvalue weighted by molar-refractivity contribution is 5.94. The van der Waals surface area contributed by atoms with Gasteiger partial charge in [0.1, 0.15) is 11.6 Å². The molecule has 0 bridgehead atoms. The van der Waals surface area contributed by atoms with Crippen LogP contribution < -0.4 is 20.1 Å². The number of para-hydroxylation sites is 1. The number of carbonyl (C=O) groups excluding carboxylic acids is 1. The number of rotatable bonds is 8. The van der Waals surface area contributed by atoms with E-state index in [1.54, 1.807) is 26.5 Å². The molecule has 8 nitrogen and oxygen atoms in total. The van der Waals surface area contributed by atoms with Crippen molar-refractivity contribution in [2.45, 2.75) is 44.6 Å². The van der Waals surface area contributed by atoms with E-state index in [9.17, 15) is 4.79 Å². The third kappa shape index (κ3) is 4.51. The fourth-order valence-corrected chi connectivity index (χ4v) is 4.42. The number of anilines is 3. The summed E-state index contributed by atoms with van der Waals surface area (Å²) in [5, 5.41) is 10.9. The van der Waals surface area contributed by atoms with Crippen molar-refractivity contribution in [3.8, 4) is 22.6 Å². The Balaban J connectivity index is 1.43. The Hall–Kier alpha value is -3.55. The van der Waals surface area contributed by atoms with Crippen LogP contribution in [0.15, 0.2) is 42.9 Å². The lowest BCUT2D eigenvalue weighted by atomic mass is 10.1. The number of ether oxygens (including phenoxy) is 2. The second-order valence-corrected chi connectivity index (χ2v) is 8.69. The van der Waals surface area contributed by atoms with Crippen LogP contribution in [0.5, 0.6) is 11.5 Å². The number of carbonyl (C=O) groups is 1. The molecular weight excluding hydrogens is 418 g/mol. The molecule has 5 rings (SSSR count). The zero-order valence-corrected chi connectivity index (χ0v) is 19.0. The lowest BCUT2D eigenvalue weighted by molar-refractivity contribution is -0.117. The highest BCUT2D eigenvalue weighted by Crippen LogP contribution is 2.40. The topological polar surface area (TPSA) is 90.3 Å². The summed E-state index contributed by atoms with van der Waals surface area (Å²) in [5.74, 6) is 1.89. The Morgan fingerprint density at radius 1 is 1.06 bits per heavy atom. The molecule has 2 heterocycles. The molecule has 0 atom stereocenters. The average Bonchev–Trinajstić information content (AvgIpc) is 3.32. The van der Waals surface area contributed by atoms with Gasteiger partial charge in [0.15, 0.2) is 5.75 Å². The van der Waals surface area contributed by atoms with E-state index < -0.39 is 0 Å². The van der Waals surface area contributed by atoms with Gasteiger partial charge < -0.3 is 20.1 Å². The quantitative estimate of drug-likeness (QED) is 0.495. The monoisotopic (exact) mass is 447 g/mol. The smallest absolute Gasteiger partial charge is 0.228 e. The molecular formula is C25H29N5O3. The minimum atomic E-state index is 0.0115. The minimum Gasteiger partial charge on any atom is -0.494 e. The van der Waals surface area contributed by atoms with E-state index in [-0.39, 0.29) is 11.8 Å². The van der Waals surface area contributed by atoms with Crippen LogP contribution in [0, 0.1) is 5.92 Å². The average molecular weight is 448 g/mol. The molecule has 1 aromatic carbocycles. The van der Waals surface area contributed by atoms with Gasteiger partial charge in [-0.2, -0.15) is 5.10 Å². The van der Waals surface area contributed by atoms with Gasteiger partial charge in [0, 0.05) is 29.3 Å². The van der Waals surface area contributed by atoms with Gasteiger partial charge >= 0.3 is 0 Å². The highest BCUT2D eigenvalue weighted by atomic mass is 16.5. The second-order valence-electron chi connectivity index (χ2n) is 8.69. The molecule has 0 unspecified atom stereocenters. The molecule has 0 aliphatic heterocycles. The van der Waals surface area contributed by atoms with Crippen molar-refractivity contribution < 1.29 is 14.3 Å². The molecule has 2 saturated carbocycles. The third-order valence-corrected chi connectivity index (χ3v) is 6.39. The molecule has 2 aliphatic rings. The Morgan fingerprint density at radius 3 is 2.61 bits per heavy atom. The van der Waals surface area contributed by atoms with E-state index >= 15 is 0 Å². The highest BCUT2D eigenvalue weighted by Gasteiger charge is 2.30. The zero-order chi connectivity index (χ0) is 22.8. The first kappa shape index (κ1) is 21.3. The summed E-state index contributed by atoms with van der Waals surface area (Å²) < 4.78 is 13.4. The molecule has 0 spiro atoms. The lowest BCUT2D eigenvalue weighted by Crippen LogP contribution is -2.14. The van der Waals surface area contributed by atoms with Gasteiger partial charge in [-0.3, -0.25) is 9.48 Å². The van der Waals surface area contributed by atoms with Crippen molar-refractivity contribution in [3.05, 3.63) is 42.9 Å². The van der Waals surface area contributed by atoms with Crippen molar-refractivity contribution in [2.24, 2.45) is 5.92 Å². The van der Waals surface area contributed by atoms with Crippen molar-refractivity contribution in [1.29, 1.82) is 0 Å². The number of methoxy groups -OCH3 is 2. The fraction of sp³-hybridized carbons (Fsp3) is 0.400. The maximum absolute atomic E-state index is 12.2. The van der Waals surface area contributed by atoms with Gasteiger partial charge in [0.2, 0.25) is 5.91 Å². The fourth-order valence-electron chi connectivity index (χ4n) is 4.42. The number of hydrogen-bond donors (Lipinski definition) is 2. The summed E-state index contributed by atoms with van der Waals surface area (Å²) in [4.78, 5) is 16.5. The van der Waals surface area contributed by atoms with Crippen LogP contribution in [0.2, 0.25) is 0 Å². The normalized spacial score (nSPS) is 15.9. The summed E-state index contributed by atoms with van der Waals surface area (Å²) in [7, 11) is 3.26. The standard InChI is InChI=1S/C25H29N5O3/c1-32-22-14-26-23(29-25(31)16-10-11-16)12-21(22)28-20-9-5-8-19(24(20)33-2)17-13-27-30(15-17)18-6-3-4-7-18/h5,8-9,12-16,18H,3-4,6-7,10-11H2,1-2H3,(H2,26,28,29,31). The van der Waals surface area contributed by atoms with E-state index in [1.807, 2.05) is 24.4 Å². The second kappa shape index (κ2) is 9.13. The largest absolute Gasteiger partial charge is 0.494 e. The molecule has 8 heteroatoms. The molecule has 1 amide bonds. The van der Waals surface area contributed by atoms with Crippen molar-refractivity contribution in [1.82, 2.24) is 14.8 Å². The Morgan fingerprint density at radius 2 is 1.88 bits per heavy atom. The summed E-state index contributed by atoms with van der Waals surface area (Å²) in [6.45, 7) is 0. The molecule has 0 radical (unpaired) electrons. The molecule has 2 N–H and O–H groups in total. The molecule has 33 heavy (non-hydrogen) atoms. The van der Waals surface area contributed by atoms with Gasteiger partial charge in [-0.05, 0) is 31.7 Å². The molecule has 2 aliphatic carbocycles. The summed E-state index contributed by atoms with van der Waals surface area (Å²) in [6.07, 6.45) is 12.4. The first-order valence-corrected chi connectivity index (χ1v) is 11.5. The number of benzene rings is 1. The first-order chi connectivity index (χ1) is 16.2. The van der Waals surface area contributed by atoms with Gasteiger partial charge in [-0.1, -0.05) is 25.0 Å². The van der Waals surface area contributed by atoms with Crippen LogP contribution in [0.4, 0.5) is 17.2 Å². The van der Waals surface area contributed by atoms with E-state index in [0.717, 1.165) is 29.7 Å². The predicted octanol–water partition coefficient (Wildman–Crippen LogP) is 5.17. The maximum atomic E-state index is 12.2. The van der Waals surface area contributed by atoms with E-state index in [1.165, 1.54) is 25.7 Å². The predicted molar refractivity (Wildman–Crippen MR) is 127 cm³/mol. The molecule has 2 aromatic heterocycles. The molecule has 3 aromatic rings. The molecule has 172 valence electrons. The Kier molecular flexibility index (Phi) is 5.90. The number of nitrogens with one attached hydrogen (secondary N) is 2. The molecule has 2 fully saturated rings. The number of amides is 1. The van der Waals surface area contributed by atoms with Gasteiger partial charge in [0.05, 0.1) is 44.0 Å². The van der Waals surface area contributed by atoms with E-state index in [4.69, 9.17) is 9.47 Å². The number of hydrogen-bond acceptors (Lipinski definition) is 6. The summed E-state index contributed by atoms with van der Waals surface area (Å²) in [6, 6.07) is 8.23. The van der Waals surface area contributed by atoms with Crippen molar-refractivity contribution in [2.75, 3.05) is 24.9 Å². The minimum absolute atomic E-state index is 0.0115. The van der Waals surface area contributed by atoms with Gasteiger partial charge in [-0.15, -0.1) is 0 Å². The summed E-state index contributed by atoms with van der Waals surface area (Å²) >= 11 is 0. The van der Waals surface area contributed by atoms with Crippen LogP contribution in [0.1, 0.15) is 44.6 Å². The first-order valence-electron chi connectivity index (χ1n) is 11.5. The number of pyridine rings is 1. The number of nitrogens with zero attached hydrogens (tertiary/aromatic N) is 3. The number of aromatic nitrogens is 3. The SMILES string of the molecule is COc1cnc(NC(=O)C2CC2)cc1Nc1cccc(-c2cnn(C3CCCC3)c2)c1OC. The van der Waals surface area contributed by atoms with Gasteiger partial charge in [-0.25, -0.2) is 4.98 Å². The van der Waals surface area contributed by atoms with Crippen LogP contribution in [-0.2, 0) is 4.79 Å². The van der Waals surface area contributed by atoms with Crippen LogP contribution in [0.25, 0.3) is 11.1 Å². The maximum Gasteiger partial charge on any atom is 0.228 e. The third-order valence-electron chi connectivity index (χ3n) is 6.39.